The van der Waals surface area contributed by atoms with Crippen LogP contribution >= 0.6 is 0 Å². The number of nitrogens with zero attached hydrogens (tertiary/aromatic N) is 1. The molecule has 0 saturated carbocycles. The summed E-state index contributed by atoms with van der Waals surface area (Å²) in [6.07, 6.45) is 0. The zero-order valence-corrected chi connectivity index (χ0v) is 11.8. The topological polar surface area (TPSA) is 15.3 Å². The Morgan fingerprint density at radius 3 is 2.00 bits per heavy atom. The summed E-state index contributed by atoms with van der Waals surface area (Å²) in [4.78, 5) is 2.52. The lowest BCUT2D eigenvalue weighted by Gasteiger charge is -2.27. The first kappa shape index (κ1) is 15.7. The van der Waals surface area contributed by atoms with Crippen LogP contribution in [0.4, 0.5) is 0 Å². The highest BCUT2D eigenvalue weighted by molar-refractivity contribution is 4.99. The van der Waals surface area contributed by atoms with Gasteiger partial charge < -0.3 is 5.32 Å². The van der Waals surface area contributed by atoms with Gasteiger partial charge in [0.25, 0.3) is 0 Å². The molecular weight excluding hydrogens is 196 g/mol. The minimum Gasteiger partial charge on any atom is -0.313 e. The summed E-state index contributed by atoms with van der Waals surface area (Å²) in [5.41, 5.74) is 1.29. The van der Waals surface area contributed by atoms with E-state index in [1.54, 1.807) is 0 Å². The zero-order valence-electron chi connectivity index (χ0n) is 11.8. The zero-order chi connectivity index (χ0) is 12.6. The molecule has 0 aromatic rings. The van der Waals surface area contributed by atoms with Crippen LogP contribution in [0.3, 0.4) is 0 Å². The Morgan fingerprint density at radius 2 is 1.62 bits per heavy atom. The predicted molar refractivity (Wildman–Crippen MR) is 73.8 cm³/mol. The quantitative estimate of drug-likeness (QED) is 0.608. The summed E-state index contributed by atoms with van der Waals surface area (Å²) in [6, 6.07) is 0. The van der Waals surface area contributed by atoms with E-state index in [0.717, 1.165) is 31.5 Å². The SMILES string of the molecule is C=C(CNCC)CN(CC(C)C)CC(C)C. The van der Waals surface area contributed by atoms with Gasteiger partial charge in [-0.15, -0.1) is 0 Å². The lowest BCUT2D eigenvalue weighted by atomic mass is 10.1. The predicted octanol–water partition coefficient (Wildman–Crippen LogP) is 2.77. The van der Waals surface area contributed by atoms with Crippen LogP contribution in [-0.2, 0) is 0 Å². The highest BCUT2D eigenvalue weighted by Gasteiger charge is 2.10. The van der Waals surface area contributed by atoms with Gasteiger partial charge in [-0.25, -0.2) is 0 Å². The number of rotatable bonds is 9. The third kappa shape index (κ3) is 8.93. The fraction of sp³-hybridized carbons (Fsp3) is 0.857. The van der Waals surface area contributed by atoms with Crippen molar-refractivity contribution in [3.63, 3.8) is 0 Å². The summed E-state index contributed by atoms with van der Waals surface area (Å²) >= 11 is 0. The van der Waals surface area contributed by atoms with Crippen LogP contribution in [0.15, 0.2) is 12.2 Å². The number of hydrogen-bond acceptors (Lipinski definition) is 2. The fourth-order valence-corrected chi connectivity index (χ4v) is 1.91. The molecule has 2 heteroatoms. The lowest BCUT2D eigenvalue weighted by molar-refractivity contribution is 0.235. The van der Waals surface area contributed by atoms with E-state index < -0.39 is 0 Å². The largest absolute Gasteiger partial charge is 0.313 e. The molecule has 0 amide bonds. The molecule has 0 saturated heterocycles. The molecule has 0 heterocycles. The third-order valence-electron chi connectivity index (χ3n) is 2.32. The summed E-state index contributed by atoms with van der Waals surface area (Å²) in [6.45, 7) is 20.7. The molecule has 0 aromatic carbocycles. The molecule has 2 nitrogen and oxygen atoms in total. The lowest BCUT2D eigenvalue weighted by Crippen LogP contribution is -2.34. The van der Waals surface area contributed by atoms with Crippen molar-refractivity contribution >= 4 is 0 Å². The minimum atomic E-state index is 0.727. The van der Waals surface area contributed by atoms with Gasteiger partial charge >= 0.3 is 0 Å². The van der Waals surface area contributed by atoms with E-state index in [9.17, 15) is 0 Å². The van der Waals surface area contributed by atoms with Gasteiger partial charge in [0.2, 0.25) is 0 Å². The maximum Gasteiger partial charge on any atom is 0.0203 e. The van der Waals surface area contributed by atoms with Crippen LogP contribution in [0.25, 0.3) is 0 Å². The van der Waals surface area contributed by atoms with E-state index >= 15 is 0 Å². The summed E-state index contributed by atoms with van der Waals surface area (Å²) in [5, 5.41) is 3.33. The molecule has 16 heavy (non-hydrogen) atoms. The first-order chi connectivity index (χ1) is 7.45. The van der Waals surface area contributed by atoms with Gasteiger partial charge in [-0.05, 0) is 24.0 Å². The van der Waals surface area contributed by atoms with E-state index in [0.29, 0.717) is 0 Å². The highest BCUT2D eigenvalue weighted by atomic mass is 15.1. The van der Waals surface area contributed by atoms with Crippen molar-refractivity contribution in [2.75, 3.05) is 32.7 Å². The van der Waals surface area contributed by atoms with Crippen molar-refractivity contribution in [2.45, 2.75) is 34.6 Å². The van der Waals surface area contributed by atoms with E-state index in [1.165, 1.54) is 18.7 Å². The second-order valence-corrected chi connectivity index (χ2v) is 5.51. The van der Waals surface area contributed by atoms with Crippen molar-refractivity contribution in [2.24, 2.45) is 11.8 Å². The molecule has 0 aliphatic carbocycles. The van der Waals surface area contributed by atoms with Gasteiger partial charge in [-0.3, -0.25) is 4.90 Å². The van der Waals surface area contributed by atoms with Crippen LogP contribution in [0.5, 0.6) is 0 Å². The Bertz CT molecular complexity index is 175. The highest BCUT2D eigenvalue weighted by Crippen LogP contribution is 2.06. The van der Waals surface area contributed by atoms with Crippen LogP contribution in [0.1, 0.15) is 34.6 Å². The first-order valence-corrected chi connectivity index (χ1v) is 6.55. The molecule has 0 fully saturated rings. The van der Waals surface area contributed by atoms with E-state index in [2.05, 4.69) is 51.4 Å². The second kappa shape index (κ2) is 8.77. The molecule has 0 aliphatic rings. The third-order valence-corrected chi connectivity index (χ3v) is 2.32. The summed E-state index contributed by atoms with van der Waals surface area (Å²) < 4.78 is 0. The van der Waals surface area contributed by atoms with Gasteiger partial charge in [0.05, 0.1) is 0 Å². The fourth-order valence-electron chi connectivity index (χ4n) is 1.91. The molecule has 0 spiro atoms. The van der Waals surface area contributed by atoms with E-state index in [-0.39, 0.29) is 0 Å². The van der Waals surface area contributed by atoms with Gasteiger partial charge in [0.1, 0.15) is 0 Å². The standard InChI is InChI=1S/C14H30N2/c1-7-15-8-14(6)11-16(9-12(2)3)10-13(4)5/h12-13,15H,6-11H2,1-5H3. The molecule has 0 atom stereocenters. The molecule has 0 aliphatic heterocycles. The molecule has 96 valence electrons. The number of likely N-dealkylation sites (N-methyl/N-ethyl adjacent to an activating group) is 1. The monoisotopic (exact) mass is 226 g/mol. The van der Waals surface area contributed by atoms with Crippen molar-refractivity contribution in [3.8, 4) is 0 Å². The Balaban J connectivity index is 4.03. The van der Waals surface area contributed by atoms with Crippen molar-refractivity contribution in [3.05, 3.63) is 12.2 Å². The smallest absolute Gasteiger partial charge is 0.0203 e. The Kier molecular flexibility index (Phi) is 8.58. The molecule has 0 bridgehead atoms. The normalized spacial score (nSPS) is 11.8. The average Bonchev–Trinajstić information content (AvgIpc) is 2.12. The van der Waals surface area contributed by atoms with Gasteiger partial charge in [-0.2, -0.15) is 0 Å². The maximum atomic E-state index is 4.14. The van der Waals surface area contributed by atoms with Crippen molar-refractivity contribution in [1.82, 2.24) is 10.2 Å². The maximum absolute atomic E-state index is 4.14. The molecule has 0 radical (unpaired) electrons. The van der Waals surface area contributed by atoms with Crippen molar-refractivity contribution < 1.29 is 0 Å². The van der Waals surface area contributed by atoms with E-state index in [4.69, 9.17) is 0 Å². The van der Waals surface area contributed by atoms with Crippen molar-refractivity contribution in [1.29, 1.82) is 0 Å². The first-order valence-electron chi connectivity index (χ1n) is 6.55. The molecule has 1 N–H and O–H groups in total. The van der Waals surface area contributed by atoms with E-state index in [1.807, 2.05) is 0 Å². The summed E-state index contributed by atoms with van der Waals surface area (Å²) in [7, 11) is 0. The Morgan fingerprint density at radius 1 is 1.12 bits per heavy atom. The molecule has 0 unspecified atom stereocenters. The minimum absolute atomic E-state index is 0.727. The summed E-state index contributed by atoms with van der Waals surface area (Å²) in [5.74, 6) is 1.45. The van der Waals surface area contributed by atoms with Gasteiger partial charge in [-0.1, -0.05) is 41.2 Å². The van der Waals surface area contributed by atoms with Crippen LogP contribution in [0, 0.1) is 11.8 Å². The van der Waals surface area contributed by atoms with Crippen LogP contribution in [-0.4, -0.2) is 37.6 Å². The molecule has 0 aromatic heterocycles. The van der Waals surface area contributed by atoms with Gasteiger partial charge in [0, 0.05) is 26.2 Å². The number of hydrogen-bond donors (Lipinski definition) is 1. The molecular formula is C14H30N2. The van der Waals surface area contributed by atoms with Gasteiger partial charge in [0.15, 0.2) is 0 Å². The average molecular weight is 226 g/mol. The molecule has 0 rings (SSSR count). The van der Waals surface area contributed by atoms with Crippen LogP contribution in [0.2, 0.25) is 0 Å². The Labute approximate surface area is 102 Å². The van der Waals surface area contributed by atoms with Crippen LogP contribution < -0.4 is 5.32 Å². The Hall–Kier alpha value is -0.340. The number of nitrogens with one attached hydrogen (secondary N) is 1. The second-order valence-electron chi connectivity index (χ2n) is 5.51.